The number of thiazole rings is 1. The Hall–Kier alpha value is -0.850. The smallest absolute Gasteiger partial charge is 0.275 e. The maximum absolute atomic E-state index is 5.48. The molecule has 0 aliphatic heterocycles. The van der Waals surface area contributed by atoms with Crippen LogP contribution < -0.4 is 10.5 Å². The van der Waals surface area contributed by atoms with Gasteiger partial charge in [0.15, 0.2) is 0 Å². The van der Waals surface area contributed by atoms with Crippen molar-refractivity contribution in [1.29, 1.82) is 0 Å². The summed E-state index contributed by atoms with van der Waals surface area (Å²) in [6.45, 7) is 2.20. The molecule has 0 saturated heterocycles. The van der Waals surface area contributed by atoms with E-state index in [0.717, 1.165) is 0 Å². The van der Waals surface area contributed by atoms with Crippen LogP contribution >= 0.6 is 11.3 Å². The summed E-state index contributed by atoms with van der Waals surface area (Å²) in [7, 11) is 1.64. The maximum Gasteiger partial charge on any atom is 0.275 e. The first kappa shape index (κ1) is 11.2. The predicted octanol–water partition coefficient (Wildman–Crippen LogP) is 0.767. The second-order valence-corrected chi connectivity index (χ2v) is 3.51. The lowest BCUT2D eigenvalue weighted by Gasteiger charge is -2.03. The third-order valence-electron chi connectivity index (χ3n) is 1.39. The van der Waals surface area contributed by atoms with E-state index >= 15 is 0 Å². The molecule has 0 radical (unpaired) electrons. The molecule has 0 bridgehead atoms. The summed E-state index contributed by atoms with van der Waals surface area (Å²) in [5.74, 6) is 0. The number of methoxy groups -OCH3 is 1. The molecule has 1 aromatic rings. The van der Waals surface area contributed by atoms with Gasteiger partial charge in [-0.25, -0.2) is 4.98 Å². The number of hydrogen-bond donors (Lipinski definition) is 1. The van der Waals surface area contributed by atoms with Crippen LogP contribution in [0.25, 0.3) is 0 Å². The molecule has 0 aromatic carbocycles. The summed E-state index contributed by atoms with van der Waals surface area (Å²) in [5, 5.41) is 1.23. The van der Waals surface area contributed by atoms with Crippen LogP contribution in [0.4, 0.5) is 5.00 Å². The Morgan fingerprint density at radius 3 is 2.79 bits per heavy atom. The highest BCUT2D eigenvalue weighted by Crippen LogP contribution is 2.21. The van der Waals surface area contributed by atoms with Gasteiger partial charge in [-0.15, -0.1) is 0 Å². The van der Waals surface area contributed by atoms with Crippen molar-refractivity contribution in [2.24, 2.45) is 0 Å². The Balaban J connectivity index is 1.99. The van der Waals surface area contributed by atoms with Crippen LogP contribution in [0.15, 0.2) is 6.20 Å². The molecule has 0 amide bonds. The normalized spacial score (nSPS) is 10.4. The molecule has 0 atom stereocenters. The Labute approximate surface area is 86.8 Å². The van der Waals surface area contributed by atoms with E-state index in [2.05, 4.69) is 4.98 Å². The number of aromatic nitrogens is 1. The minimum Gasteiger partial charge on any atom is -0.468 e. The van der Waals surface area contributed by atoms with Crippen molar-refractivity contribution in [3.63, 3.8) is 0 Å². The van der Waals surface area contributed by atoms with Gasteiger partial charge < -0.3 is 19.9 Å². The van der Waals surface area contributed by atoms with Gasteiger partial charge in [-0.1, -0.05) is 11.3 Å². The van der Waals surface area contributed by atoms with Gasteiger partial charge in [-0.2, -0.15) is 0 Å². The third kappa shape index (κ3) is 4.40. The van der Waals surface area contributed by atoms with E-state index in [1.165, 1.54) is 11.3 Å². The average molecular weight is 218 g/mol. The Morgan fingerprint density at radius 2 is 2.14 bits per heavy atom. The minimum absolute atomic E-state index is 0.483. The van der Waals surface area contributed by atoms with Crippen LogP contribution in [0.1, 0.15) is 0 Å². The third-order valence-corrected chi connectivity index (χ3v) is 2.13. The van der Waals surface area contributed by atoms with Gasteiger partial charge in [0.05, 0.1) is 26.0 Å². The molecule has 0 fully saturated rings. The fourth-order valence-corrected chi connectivity index (χ4v) is 1.32. The van der Waals surface area contributed by atoms with Gasteiger partial charge in [-0.3, -0.25) is 0 Å². The highest BCUT2D eigenvalue weighted by molar-refractivity contribution is 7.17. The van der Waals surface area contributed by atoms with Crippen LogP contribution in [0.2, 0.25) is 0 Å². The van der Waals surface area contributed by atoms with E-state index in [4.69, 9.17) is 19.9 Å². The van der Waals surface area contributed by atoms with Gasteiger partial charge in [0.2, 0.25) is 0 Å². The number of nitrogens with zero attached hydrogens (tertiary/aromatic N) is 1. The topological polar surface area (TPSA) is 66.6 Å². The zero-order valence-electron chi connectivity index (χ0n) is 8.06. The molecule has 80 valence electrons. The van der Waals surface area contributed by atoms with E-state index in [0.29, 0.717) is 36.6 Å². The first-order valence-electron chi connectivity index (χ1n) is 4.23. The zero-order chi connectivity index (χ0) is 10.2. The molecule has 0 aliphatic rings. The monoisotopic (exact) mass is 218 g/mol. The number of anilines is 1. The second-order valence-electron chi connectivity index (χ2n) is 2.48. The van der Waals surface area contributed by atoms with E-state index in [9.17, 15) is 0 Å². The fourth-order valence-electron chi connectivity index (χ4n) is 0.769. The summed E-state index contributed by atoms with van der Waals surface area (Å²) in [4.78, 5) is 3.94. The minimum atomic E-state index is 0.483. The van der Waals surface area contributed by atoms with Gasteiger partial charge in [0.1, 0.15) is 11.6 Å². The first-order chi connectivity index (χ1) is 6.83. The highest BCUT2D eigenvalue weighted by Gasteiger charge is 1.98. The fraction of sp³-hybridized carbons (Fsp3) is 0.625. The lowest BCUT2D eigenvalue weighted by molar-refractivity contribution is 0.0544. The number of nitrogens with two attached hydrogens (primary N) is 1. The predicted molar refractivity (Wildman–Crippen MR) is 54.7 cm³/mol. The Kier molecular flexibility index (Phi) is 5.28. The number of rotatable bonds is 7. The lowest BCUT2D eigenvalue weighted by atomic mass is 10.7. The molecule has 14 heavy (non-hydrogen) atoms. The standard InChI is InChI=1S/C8H14N2O3S/c1-11-2-3-12-4-5-13-8-10-6-7(9)14-8/h6H,2-5,9H2,1H3. The van der Waals surface area contributed by atoms with E-state index in [1.54, 1.807) is 13.3 Å². The Bertz CT molecular complexity index is 254. The van der Waals surface area contributed by atoms with E-state index in [1.807, 2.05) is 0 Å². The lowest BCUT2D eigenvalue weighted by Crippen LogP contribution is -2.09. The van der Waals surface area contributed by atoms with Crippen molar-refractivity contribution in [2.45, 2.75) is 0 Å². The molecular formula is C8H14N2O3S. The molecule has 5 nitrogen and oxygen atoms in total. The largest absolute Gasteiger partial charge is 0.468 e. The maximum atomic E-state index is 5.48. The summed E-state index contributed by atoms with van der Waals surface area (Å²) in [5.41, 5.74) is 5.48. The molecule has 1 rings (SSSR count). The van der Waals surface area contributed by atoms with E-state index in [-0.39, 0.29) is 0 Å². The quantitative estimate of drug-likeness (QED) is 0.685. The van der Waals surface area contributed by atoms with Crippen LogP contribution in [0.5, 0.6) is 5.19 Å². The van der Waals surface area contributed by atoms with Gasteiger partial charge >= 0.3 is 0 Å². The number of ether oxygens (including phenoxy) is 3. The molecule has 2 N–H and O–H groups in total. The van der Waals surface area contributed by atoms with Crippen LogP contribution in [-0.2, 0) is 9.47 Å². The second kappa shape index (κ2) is 6.58. The summed E-state index contributed by atoms with van der Waals surface area (Å²) in [6, 6.07) is 0. The first-order valence-corrected chi connectivity index (χ1v) is 5.05. The van der Waals surface area contributed by atoms with Gasteiger partial charge in [-0.05, 0) is 0 Å². The SMILES string of the molecule is COCCOCCOc1ncc(N)s1. The van der Waals surface area contributed by atoms with Crippen molar-refractivity contribution < 1.29 is 14.2 Å². The van der Waals surface area contributed by atoms with Crippen molar-refractivity contribution in [2.75, 3.05) is 39.3 Å². The molecule has 0 spiro atoms. The summed E-state index contributed by atoms with van der Waals surface area (Å²) in [6.07, 6.45) is 1.58. The van der Waals surface area contributed by atoms with Crippen molar-refractivity contribution in [3.8, 4) is 5.19 Å². The van der Waals surface area contributed by atoms with Crippen molar-refractivity contribution in [3.05, 3.63) is 6.20 Å². The molecule has 1 aromatic heterocycles. The molecular weight excluding hydrogens is 204 g/mol. The van der Waals surface area contributed by atoms with Gasteiger partial charge in [0.25, 0.3) is 5.19 Å². The highest BCUT2D eigenvalue weighted by atomic mass is 32.1. The number of nitrogen functional groups attached to an aromatic ring is 1. The van der Waals surface area contributed by atoms with Crippen LogP contribution in [-0.4, -0.2) is 38.5 Å². The molecule has 1 heterocycles. The summed E-state index contributed by atoms with van der Waals surface area (Å²) < 4.78 is 15.3. The van der Waals surface area contributed by atoms with Crippen LogP contribution in [0, 0.1) is 0 Å². The molecule has 6 heteroatoms. The Morgan fingerprint density at radius 1 is 1.36 bits per heavy atom. The van der Waals surface area contributed by atoms with Crippen molar-refractivity contribution >= 4 is 16.3 Å². The van der Waals surface area contributed by atoms with E-state index < -0.39 is 0 Å². The average Bonchev–Trinajstić information content (AvgIpc) is 2.58. The molecule has 0 saturated carbocycles. The zero-order valence-corrected chi connectivity index (χ0v) is 8.88. The van der Waals surface area contributed by atoms with Gasteiger partial charge in [0, 0.05) is 7.11 Å². The molecule has 0 unspecified atom stereocenters. The molecule has 0 aliphatic carbocycles. The summed E-state index contributed by atoms with van der Waals surface area (Å²) >= 11 is 1.32. The van der Waals surface area contributed by atoms with Crippen molar-refractivity contribution in [1.82, 2.24) is 4.98 Å². The number of hydrogen-bond acceptors (Lipinski definition) is 6. The van der Waals surface area contributed by atoms with Crippen LogP contribution in [0.3, 0.4) is 0 Å².